The summed E-state index contributed by atoms with van der Waals surface area (Å²) in [5.74, 6) is 6.72. The number of ether oxygens (including phenoxy) is 1. The van der Waals surface area contributed by atoms with Crippen molar-refractivity contribution in [3.63, 3.8) is 0 Å². The highest BCUT2D eigenvalue weighted by Gasteiger charge is 2.28. The Morgan fingerprint density at radius 3 is 2.37 bits per heavy atom. The lowest BCUT2D eigenvalue weighted by Crippen LogP contribution is -2.49. The van der Waals surface area contributed by atoms with Gasteiger partial charge in [-0.15, -0.1) is 0 Å². The number of methoxy groups -OCH3 is 1. The molecule has 2 N–H and O–H groups in total. The molecule has 1 heterocycles. The smallest absolute Gasteiger partial charge is 0.328 e. The SMILES string of the molecule is CCc1cc(NS(C)(=O)=O)ccc1C#Cc1cc(N2CCC(=O)NC2=O)cc(C(C)(C)C)c1OC. The second-order valence-electron chi connectivity index (χ2n) is 9.43. The van der Waals surface area contributed by atoms with Gasteiger partial charge in [0.05, 0.1) is 18.9 Å². The van der Waals surface area contributed by atoms with E-state index >= 15 is 0 Å². The third kappa shape index (κ3) is 6.34. The van der Waals surface area contributed by atoms with Crippen molar-refractivity contribution in [2.75, 3.05) is 29.5 Å². The highest BCUT2D eigenvalue weighted by molar-refractivity contribution is 7.92. The zero-order valence-corrected chi connectivity index (χ0v) is 21.7. The number of sulfonamides is 1. The Labute approximate surface area is 207 Å². The molecule has 0 atom stereocenters. The van der Waals surface area contributed by atoms with E-state index in [1.54, 1.807) is 31.4 Å². The Morgan fingerprint density at radius 2 is 1.80 bits per heavy atom. The predicted octanol–water partition coefficient (Wildman–Crippen LogP) is 3.77. The first-order valence-corrected chi connectivity index (χ1v) is 13.2. The fourth-order valence-electron chi connectivity index (χ4n) is 3.87. The summed E-state index contributed by atoms with van der Waals surface area (Å²) in [4.78, 5) is 25.7. The summed E-state index contributed by atoms with van der Waals surface area (Å²) in [6.45, 7) is 8.40. The van der Waals surface area contributed by atoms with E-state index in [0.29, 0.717) is 29.1 Å². The van der Waals surface area contributed by atoms with Crippen molar-refractivity contribution in [1.82, 2.24) is 5.32 Å². The number of benzene rings is 2. The zero-order valence-electron chi connectivity index (χ0n) is 20.9. The first-order valence-electron chi connectivity index (χ1n) is 11.3. The second-order valence-corrected chi connectivity index (χ2v) is 11.2. The Morgan fingerprint density at radius 1 is 1.11 bits per heavy atom. The van der Waals surface area contributed by atoms with Crippen LogP contribution in [-0.2, 0) is 26.7 Å². The molecule has 3 amide bonds. The lowest BCUT2D eigenvalue weighted by molar-refractivity contribution is -0.120. The van der Waals surface area contributed by atoms with Gasteiger partial charge in [-0.2, -0.15) is 0 Å². The van der Waals surface area contributed by atoms with Crippen molar-refractivity contribution < 1.29 is 22.7 Å². The van der Waals surface area contributed by atoms with Crippen LogP contribution in [0.15, 0.2) is 30.3 Å². The number of carbonyl (C=O) groups excluding carboxylic acids is 2. The summed E-state index contributed by atoms with van der Waals surface area (Å²) >= 11 is 0. The van der Waals surface area contributed by atoms with Crippen LogP contribution in [0, 0.1) is 11.8 Å². The second kappa shape index (κ2) is 10.0. The van der Waals surface area contributed by atoms with Crippen LogP contribution in [0.1, 0.15) is 56.4 Å². The van der Waals surface area contributed by atoms with Crippen molar-refractivity contribution in [3.05, 3.63) is 52.6 Å². The molecule has 1 aliphatic heterocycles. The van der Waals surface area contributed by atoms with E-state index in [1.165, 1.54) is 4.90 Å². The van der Waals surface area contributed by atoms with Crippen LogP contribution in [0.3, 0.4) is 0 Å². The number of nitrogens with zero attached hydrogens (tertiary/aromatic N) is 1. The molecule has 1 fully saturated rings. The largest absolute Gasteiger partial charge is 0.495 e. The molecule has 0 unspecified atom stereocenters. The van der Waals surface area contributed by atoms with Crippen LogP contribution in [-0.4, -0.2) is 40.3 Å². The highest BCUT2D eigenvalue weighted by Crippen LogP contribution is 2.38. The summed E-state index contributed by atoms with van der Waals surface area (Å²) in [6.07, 6.45) is 1.99. The molecule has 35 heavy (non-hydrogen) atoms. The number of nitrogens with one attached hydrogen (secondary N) is 2. The Balaban J connectivity index is 2.12. The third-order valence-electron chi connectivity index (χ3n) is 5.57. The van der Waals surface area contributed by atoms with Gasteiger partial charge in [0.15, 0.2) is 0 Å². The quantitative estimate of drug-likeness (QED) is 0.612. The maximum atomic E-state index is 12.5. The topological polar surface area (TPSA) is 105 Å². The summed E-state index contributed by atoms with van der Waals surface area (Å²) < 4.78 is 31.4. The van der Waals surface area contributed by atoms with Gasteiger partial charge < -0.3 is 4.74 Å². The van der Waals surface area contributed by atoms with E-state index < -0.39 is 16.1 Å². The molecule has 0 aromatic heterocycles. The van der Waals surface area contributed by atoms with Crippen LogP contribution in [0.5, 0.6) is 5.75 Å². The van der Waals surface area contributed by atoms with Crippen LogP contribution in [0.4, 0.5) is 16.2 Å². The van der Waals surface area contributed by atoms with Crippen molar-refractivity contribution >= 4 is 33.3 Å². The van der Waals surface area contributed by atoms with Crippen molar-refractivity contribution in [2.24, 2.45) is 0 Å². The molecule has 186 valence electrons. The van der Waals surface area contributed by atoms with Gasteiger partial charge in [-0.05, 0) is 47.7 Å². The Hall–Kier alpha value is -3.51. The average molecular weight is 498 g/mol. The van der Waals surface area contributed by atoms with E-state index in [9.17, 15) is 18.0 Å². The molecule has 0 radical (unpaired) electrons. The molecule has 2 aromatic carbocycles. The molecule has 8 nitrogen and oxygen atoms in total. The first-order chi connectivity index (χ1) is 16.3. The number of anilines is 2. The van der Waals surface area contributed by atoms with E-state index in [-0.39, 0.29) is 24.3 Å². The van der Waals surface area contributed by atoms with Crippen molar-refractivity contribution in [2.45, 2.75) is 46.0 Å². The van der Waals surface area contributed by atoms with Crippen LogP contribution < -0.4 is 19.7 Å². The number of imide groups is 1. The number of carbonyl (C=O) groups is 2. The predicted molar refractivity (Wildman–Crippen MR) is 137 cm³/mol. The van der Waals surface area contributed by atoms with Crippen LogP contribution in [0.25, 0.3) is 0 Å². The number of hydrogen-bond donors (Lipinski definition) is 2. The Kier molecular flexibility index (Phi) is 7.46. The zero-order chi connectivity index (χ0) is 26.0. The summed E-state index contributed by atoms with van der Waals surface area (Å²) in [6, 6.07) is 8.46. The molecule has 1 aliphatic rings. The summed E-state index contributed by atoms with van der Waals surface area (Å²) in [5.41, 5.74) is 3.97. The van der Waals surface area contributed by atoms with Gasteiger partial charge in [-0.3, -0.25) is 19.7 Å². The molecule has 0 aliphatic carbocycles. The van der Waals surface area contributed by atoms with E-state index in [2.05, 4.69) is 21.9 Å². The van der Waals surface area contributed by atoms with E-state index in [0.717, 1.165) is 22.9 Å². The fourth-order valence-corrected chi connectivity index (χ4v) is 4.43. The number of hydrogen-bond acceptors (Lipinski definition) is 5. The molecule has 0 spiro atoms. The molecular weight excluding hydrogens is 466 g/mol. The van der Waals surface area contributed by atoms with Gasteiger partial charge >= 0.3 is 6.03 Å². The minimum Gasteiger partial charge on any atom is -0.495 e. The summed E-state index contributed by atoms with van der Waals surface area (Å²) in [7, 11) is -1.79. The van der Waals surface area contributed by atoms with E-state index in [4.69, 9.17) is 4.74 Å². The number of aryl methyl sites for hydroxylation is 1. The standard InChI is InChI=1S/C26H31N3O5S/c1-7-17-14-20(28-35(6,32)33)11-10-18(17)8-9-19-15-21(29-13-12-23(30)27-25(29)31)16-22(24(19)34-5)26(2,3)4/h10-11,14-16,28H,7,12-13H2,1-6H3,(H,27,30,31). The number of rotatable bonds is 5. The molecule has 1 saturated heterocycles. The number of urea groups is 1. The molecule has 9 heteroatoms. The normalized spacial score (nSPS) is 14.2. The monoisotopic (exact) mass is 497 g/mol. The van der Waals surface area contributed by atoms with Crippen LogP contribution >= 0.6 is 0 Å². The maximum Gasteiger partial charge on any atom is 0.328 e. The highest BCUT2D eigenvalue weighted by atomic mass is 32.2. The fraction of sp³-hybridized carbons (Fsp3) is 0.385. The average Bonchev–Trinajstić information content (AvgIpc) is 2.75. The van der Waals surface area contributed by atoms with Gasteiger partial charge in [0.2, 0.25) is 15.9 Å². The van der Waals surface area contributed by atoms with Crippen LogP contribution in [0.2, 0.25) is 0 Å². The van der Waals surface area contributed by atoms with Gasteiger partial charge in [-0.25, -0.2) is 13.2 Å². The molecule has 0 saturated carbocycles. The Bertz CT molecular complexity index is 1330. The lowest BCUT2D eigenvalue weighted by Gasteiger charge is -2.30. The van der Waals surface area contributed by atoms with Gasteiger partial charge in [0.25, 0.3) is 0 Å². The van der Waals surface area contributed by atoms with Gasteiger partial charge in [0, 0.05) is 35.5 Å². The number of amides is 3. The van der Waals surface area contributed by atoms with E-state index in [1.807, 2.05) is 33.8 Å². The molecule has 2 aromatic rings. The van der Waals surface area contributed by atoms with Crippen molar-refractivity contribution in [1.29, 1.82) is 0 Å². The molecule has 3 rings (SSSR count). The maximum absolute atomic E-state index is 12.5. The van der Waals surface area contributed by atoms with Gasteiger partial charge in [0.1, 0.15) is 5.75 Å². The van der Waals surface area contributed by atoms with Crippen molar-refractivity contribution in [3.8, 4) is 17.6 Å². The summed E-state index contributed by atoms with van der Waals surface area (Å²) in [5, 5.41) is 2.36. The molecule has 0 bridgehead atoms. The minimum absolute atomic E-state index is 0.220. The third-order valence-corrected chi connectivity index (χ3v) is 6.18. The van der Waals surface area contributed by atoms with Gasteiger partial charge in [-0.1, -0.05) is 39.5 Å². The molecular formula is C26H31N3O5S. The minimum atomic E-state index is -3.38. The first kappa shape index (κ1) is 26.1. The lowest BCUT2D eigenvalue weighted by atomic mass is 9.84.